The summed E-state index contributed by atoms with van der Waals surface area (Å²) in [6, 6.07) is 7.44. The molecule has 4 heteroatoms. The Morgan fingerprint density at radius 1 is 1.50 bits per heavy atom. The first kappa shape index (κ1) is 11.0. The predicted octanol–water partition coefficient (Wildman–Crippen LogP) is 1.57. The highest BCUT2D eigenvalue weighted by Crippen LogP contribution is 2.28. The summed E-state index contributed by atoms with van der Waals surface area (Å²) in [5.41, 5.74) is 1.09. The summed E-state index contributed by atoms with van der Waals surface area (Å²) in [4.78, 5) is 10.8. The van der Waals surface area contributed by atoms with Gasteiger partial charge >= 0.3 is 5.97 Å². The smallest absolute Gasteiger partial charge is 0.320 e. The van der Waals surface area contributed by atoms with Crippen molar-refractivity contribution in [3.05, 3.63) is 29.8 Å². The Kier molecular flexibility index (Phi) is 3.10. The lowest BCUT2D eigenvalue weighted by Gasteiger charge is -2.13. The van der Waals surface area contributed by atoms with Gasteiger partial charge in [0.2, 0.25) is 0 Å². The topological polar surface area (TPSA) is 58.6 Å². The minimum Gasteiger partial charge on any atom is -0.497 e. The van der Waals surface area contributed by atoms with Crippen LogP contribution in [0.4, 0.5) is 0 Å². The molecule has 1 saturated heterocycles. The third kappa shape index (κ3) is 2.17. The number of carboxylic acid groups (broad SMARTS) is 1. The van der Waals surface area contributed by atoms with Crippen LogP contribution >= 0.6 is 0 Å². The minimum absolute atomic E-state index is 0.121. The molecule has 86 valence electrons. The summed E-state index contributed by atoms with van der Waals surface area (Å²) >= 11 is 0. The van der Waals surface area contributed by atoms with E-state index in [0.29, 0.717) is 6.42 Å². The zero-order valence-electron chi connectivity index (χ0n) is 9.14. The Bertz CT molecular complexity index is 392. The van der Waals surface area contributed by atoms with Gasteiger partial charge in [0.05, 0.1) is 7.11 Å². The monoisotopic (exact) mass is 221 g/mol. The van der Waals surface area contributed by atoms with Gasteiger partial charge in [-0.2, -0.15) is 0 Å². The molecule has 2 N–H and O–H groups in total. The Morgan fingerprint density at radius 2 is 2.31 bits per heavy atom. The predicted molar refractivity (Wildman–Crippen MR) is 59.5 cm³/mol. The van der Waals surface area contributed by atoms with Crippen LogP contribution in [0.2, 0.25) is 0 Å². The van der Waals surface area contributed by atoms with Crippen molar-refractivity contribution in [1.82, 2.24) is 5.32 Å². The number of carbonyl (C=O) groups is 1. The summed E-state index contributed by atoms with van der Waals surface area (Å²) in [5.74, 6) is 0.0310. The van der Waals surface area contributed by atoms with Gasteiger partial charge in [0.15, 0.2) is 0 Å². The van der Waals surface area contributed by atoms with Gasteiger partial charge in [-0.25, -0.2) is 0 Å². The Labute approximate surface area is 94.2 Å². The van der Waals surface area contributed by atoms with Crippen molar-refractivity contribution in [1.29, 1.82) is 0 Å². The summed E-state index contributed by atoms with van der Waals surface area (Å²) in [5, 5.41) is 12.0. The number of hydrogen-bond acceptors (Lipinski definition) is 3. The van der Waals surface area contributed by atoms with Crippen molar-refractivity contribution in [2.24, 2.45) is 0 Å². The van der Waals surface area contributed by atoms with E-state index in [0.717, 1.165) is 17.7 Å². The molecule has 0 saturated carbocycles. The van der Waals surface area contributed by atoms with E-state index >= 15 is 0 Å². The molecule has 1 aliphatic rings. The quantitative estimate of drug-likeness (QED) is 0.813. The van der Waals surface area contributed by atoms with Crippen LogP contribution in [0.25, 0.3) is 0 Å². The molecule has 0 bridgehead atoms. The van der Waals surface area contributed by atoms with Gasteiger partial charge in [0, 0.05) is 6.04 Å². The van der Waals surface area contributed by atoms with Crippen LogP contribution in [0.15, 0.2) is 24.3 Å². The molecule has 4 nitrogen and oxygen atoms in total. The molecular formula is C12H15NO3. The number of methoxy groups -OCH3 is 1. The molecule has 0 aromatic heterocycles. The van der Waals surface area contributed by atoms with Crippen LogP contribution in [-0.4, -0.2) is 24.2 Å². The first-order valence-electron chi connectivity index (χ1n) is 5.33. The van der Waals surface area contributed by atoms with E-state index in [1.54, 1.807) is 7.11 Å². The standard InChI is InChI=1S/C12H15NO3/c1-16-9-4-2-3-8(7-9)10-5-6-11(13-10)12(14)15/h2-4,7,10-11,13H,5-6H2,1H3,(H,14,15)/t10-,11+/m1/s1. The van der Waals surface area contributed by atoms with Gasteiger partial charge in [0.25, 0.3) is 0 Å². The van der Waals surface area contributed by atoms with E-state index < -0.39 is 12.0 Å². The second-order valence-corrected chi connectivity index (χ2v) is 3.96. The first-order chi connectivity index (χ1) is 7.70. The van der Waals surface area contributed by atoms with Crippen molar-refractivity contribution >= 4 is 5.97 Å². The van der Waals surface area contributed by atoms with Gasteiger partial charge in [-0.3, -0.25) is 10.1 Å². The van der Waals surface area contributed by atoms with Crippen LogP contribution in [0.5, 0.6) is 5.75 Å². The average Bonchev–Trinajstić information content (AvgIpc) is 2.78. The SMILES string of the molecule is COc1cccc([C@H]2CC[C@@H](C(=O)O)N2)c1. The summed E-state index contributed by atoms with van der Waals surface area (Å²) in [6.45, 7) is 0. The maximum Gasteiger partial charge on any atom is 0.320 e. The lowest BCUT2D eigenvalue weighted by Crippen LogP contribution is -2.31. The van der Waals surface area contributed by atoms with Crippen molar-refractivity contribution in [3.8, 4) is 5.75 Å². The fourth-order valence-corrected chi connectivity index (χ4v) is 2.06. The molecule has 16 heavy (non-hydrogen) atoms. The zero-order valence-corrected chi connectivity index (χ0v) is 9.14. The van der Waals surface area contributed by atoms with Crippen molar-refractivity contribution in [2.75, 3.05) is 7.11 Å². The van der Waals surface area contributed by atoms with Crippen LogP contribution in [0.3, 0.4) is 0 Å². The van der Waals surface area contributed by atoms with E-state index in [4.69, 9.17) is 9.84 Å². The molecule has 0 radical (unpaired) electrons. The van der Waals surface area contributed by atoms with Gasteiger partial charge in [-0.05, 0) is 30.5 Å². The number of ether oxygens (including phenoxy) is 1. The molecule has 0 spiro atoms. The fraction of sp³-hybridized carbons (Fsp3) is 0.417. The van der Waals surface area contributed by atoms with Crippen molar-refractivity contribution < 1.29 is 14.6 Å². The first-order valence-corrected chi connectivity index (χ1v) is 5.33. The molecule has 1 heterocycles. The number of benzene rings is 1. The highest BCUT2D eigenvalue weighted by molar-refractivity contribution is 5.73. The number of carboxylic acids is 1. The molecule has 1 fully saturated rings. The third-order valence-corrected chi connectivity index (χ3v) is 2.94. The molecule has 2 atom stereocenters. The van der Waals surface area contributed by atoms with Crippen molar-refractivity contribution in [2.45, 2.75) is 24.9 Å². The second kappa shape index (κ2) is 4.53. The second-order valence-electron chi connectivity index (χ2n) is 3.96. The lowest BCUT2D eigenvalue weighted by atomic mass is 10.1. The summed E-state index contributed by atoms with van der Waals surface area (Å²) in [6.07, 6.45) is 1.53. The maximum absolute atomic E-state index is 10.8. The van der Waals surface area contributed by atoms with E-state index in [2.05, 4.69) is 5.32 Å². The lowest BCUT2D eigenvalue weighted by molar-refractivity contribution is -0.139. The van der Waals surface area contributed by atoms with Gasteiger partial charge in [0.1, 0.15) is 11.8 Å². The van der Waals surface area contributed by atoms with Gasteiger partial charge in [-0.15, -0.1) is 0 Å². The van der Waals surface area contributed by atoms with E-state index in [1.807, 2.05) is 24.3 Å². The van der Waals surface area contributed by atoms with Crippen molar-refractivity contribution in [3.63, 3.8) is 0 Å². The summed E-state index contributed by atoms with van der Waals surface area (Å²) in [7, 11) is 1.63. The average molecular weight is 221 g/mol. The minimum atomic E-state index is -0.773. The highest BCUT2D eigenvalue weighted by atomic mass is 16.5. The summed E-state index contributed by atoms with van der Waals surface area (Å²) < 4.78 is 5.14. The van der Waals surface area contributed by atoms with E-state index in [-0.39, 0.29) is 6.04 Å². The molecule has 0 unspecified atom stereocenters. The normalized spacial score (nSPS) is 24.3. The third-order valence-electron chi connectivity index (χ3n) is 2.94. The molecule has 1 aliphatic heterocycles. The van der Waals surface area contributed by atoms with Gasteiger partial charge in [-0.1, -0.05) is 12.1 Å². The fourth-order valence-electron chi connectivity index (χ4n) is 2.06. The number of hydrogen-bond donors (Lipinski definition) is 2. The van der Waals surface area contributed by atoms with Crippen LogP contribution < -0.4 is 10.1 Å². The molecule has 2 rings (SSSR count). The maximum atomic E-state index is 10.8. The molecule has 1 aromatic carbocycles. The molecule has 0 amide bonds. The molecular weight excluding hydrogens is 206 g/mol. The Balaban J connectivity index is 2.11. The Hall–Kier alpha value is -1.55. The molecule has 0 aliphatic carbocycles. The molecule has 1 aromatic rings. The number of aliphatic carboxylic acids is 1. The van der Waals surface area contributed by atoms with Crippen LogP contribution in [0.1, 0.15) is 24.4 Å². The van der Waals surface area contributed by atoms with Crippen LogP contribution in [-0.2, 0) is 4.79 Å². The largest absolute Gasteiger partial charge is 0.497 e. The van der Waals surface area contributed by atoms with E-state index in [9.17, 15) is 4.79 Å². The highest BCUT2D eigenvalue weighted by Gasteiger charge is 2.29. The number of nitrogens with one attached hydrogen (secondary N) is 1. The Morgan fingerprint density at radius 3 is 2.94 bits per heavy atom. The van der Waals surface area contributed by atoms with E-state index in [1.165, 1.54) is 0 Å². The van der Waals surface area contributed by atoms with Gasteiger partial charge < -0.3 is 9.84 Å². The zero-order chi connectivity index (χ0) is 11.5. The number of rotatable bonds is 3. The van der Waals surface area contributed by atoms with Crippen LogP contribution in [0, 0.1) is 0 Å².